The number of carbonyl (C=O) groups is 2. The minimum atomic E-state index is -0.399. The molecule has 2 aromatic rings. The van der Waals surface area contributed by atoms with Crippen molar-refractivity contribution >= 4 is 23.3 Å². The molecule has 6 rings (SSSR count). The number of hydrogen-bond acceptors (Lipinski definition) is 10. The van der Waals surface area contributed by atoms with Crippen molar-refractivity contribution < 1.29 is 38.0 Å². The molecule has 4 heterocycles. The Kier molecular flexibility index (Phi) is 7.96. The zero-order chi connectivity index (χ0) is 26.6. The molecular formula is C29H34N2O8. The zero-order valence-electron chi connectivity index (χ0n) is 21.9. The average molecular weight is 539 g/mol. The highest BCUT2D eigenvalue weighted by atomic mass is 16.6. The molecule has 0 saturated carbocycles. The van der Waals surface area contributed by atoms with Crippen LogP contribution in [0.1, 0.15) is 27.1 Å². The number of ether oxygens (including phenoxy) is 6. The first-order valence-electron chi connectivity index (χ1n) is 13.6. The summed E-state index contributed by atoms with van der Waals surface area (Å²) < 4.78 is 32.2. The maximum absolute atomic E-state index is 12.4. The van der Waals surface area contributed by atoms with E-state index in [0.29, 0.717) is 17.5 Å². The minimum absolute atomic E-state index is 0.165. The van der Waals surface area contributed by atoms with Crippen LogP contribution >= 0.6 is 0 Å². The summed E-state index contributed by atoms with van der Waals surface area (Å²) >= 11 is 0. The second kappa shape index (κ2) is 11.9. The van der Waals surface area contributed by atoms with Crippen molar-refractivity contribution in [2.75, 3.05) is 75.6 Å². The summed E-state index contributed by atoms with van der Waals surface area (Å²) in [5, 5.41) is 0. The van der Waals surface area contributed by atoms with Crippen LogP contribution in [0.2, 0.25) is 0 Å². The molecule has 4 unspecified atom stereocenters. The Balaban J connectivity index is 0.907. The number of hydrogen-bond donors (Lipinski definition) is 0. The lowest BCUT2D eigenvalue weighted by Crippen LogP contribution is -2.31. The average Bonchev–Trinajstić information content (AvgIpc) is 3.76. The van der Waals surface area contributed by atoms with Gasteiger partial charge in [0.25, 0.3) is 0 Å². The number of benzene rings is 2. The van der Waals surface area contributed by atoms with Crippen molar-refractivity contribution in [3.63, 3.8) is 0 Å². The summed E-state index contributed by atoms with van der Waals surface area (Å²) in [6, 6.07) is 14.8. The van der Waals surface area contributed by atoms with E-state index in [-0.39, 0.29) is 37.6 Å². The van der Waals surface area contributed by atoms with Gasteiger partial charge in [0.1, 0.15) is 0 Å². The maximum atomic E-state index is 12.4. The van der Waals surface area contributed by atoms with Gasteiger partial charge in [-0.3, -0.25) is 0 Å². The number of carbonyl (C=O) groups excluding carboxylic acids is 2. The largest absolute Gasteiger partial charge is 0.462 e. The highest BCUT2D eigenvalue weighted by Gasteiger charge is 2.32. The normalized spacial score (nSPS) is 24.0. The summed E-state index contributed by atoms with van der Waals surface area (Å²) in [4.78, 5) is 29.4. The molecule has 10 nitrogen and oxygen atoms in total. The molecule has 0 radical (unpaired) electrons. The maximum Gasteiger partial charge on any atom is 0.338 e. The van der Waals surface area contributed by atoms with E-state index in [2.05, 4.69) is 9.80 Å². The lowest BCUT2D eigenvalue weighted by atomic mass is 10.2. The van der Waals surface area contributed by atoms with Crippen LogP contribution in [0.25, 0.3) is 0 Å². The molecule has 0 spiro atoms. The summed E-state index contributed by atoms with van der Waals surface area (Å²) in [6.45, 7) is 6.76. The Hall–Kier alpha value is -3.18. The van der Waals surface area contributed by atoms with Crippen LogP contribution in [-0.4, -0.2) is 102 Å². The van der Waals surface area contributed by atoms with Crippen molar-refractivity contribution in [3.8, 4) is 0 Å². The molecule has 39 heavy (non-hydrogen) atoms. The van der Waals surface area contributed by atoms with Gasteiger partial charge in [-0.25, -0.2) is 9.59 Å². The Morgan fingerprint density at radius 2 is 0.897 bits per heavy atom. The standard InChI is InChI=1S/C29H34N2O8/c32-28(20-2-6-22(7-3-20)30(12-24-16-36-24)13-25-17-37-25)34-10-1-11-35-29(33)21-4-8-23(9-5-21)31(14-26-18-38-26)15-27-19-39-27/h2-9,24-27H,1,10-19H2. The van der Waals surface area contributed by atoms with Crippen LogP contribution in [0.4, 0.5) is 11.4 Å². The predicted molar refractivity (Wildman–Crippen MR) is 141 cm³/mol. The lowest BCUT2D eigenvalue weighted by Gasteiger charge is -2.23. The molecule has 4 atom stereocenters. The van der Waals surface area contributed by atoms with E-state index in [1.807, 2.05) is 24.3 Å². The van der Waals surface area contributed by atoms with Gasteiger partial charge >= 0.3 is 11.9 Å². The number of rotatable bonds is 16. The number of nitrogens with zero attached hydrogens (tertiary/aromatic N) is 2. The van der Waals surface area contributed by atoms with Crippen LogP contribution in [0.5, 0.6) is 0 Å². The van der Waals surface area contributed by atoms with Gasteiger partial charge in [0.15, 0.2) is 0 Å². The third-order valence-corrected chi connectivity index (χ3v) is 7.00. The van der Waals surface area contributed by atoms with E-state index in [0.717, 1.165) is 64.0 Å². The predicted octanol–water partition coefficient (Wildman–Crippen LogP) is 2.30. The SMILES string of the molecule is O=C(OCCCOC(=O)c1ccc(N(CC2CO2)CC2CO2)cc1)c1ccc(N(CC2CO2)CC2CO2)cc1. The molecular weight excluding hydrogens is 504 g/mol. The Bertz CT molecular complexity index is 1010. The third kappa shape index (κ3) is 7.92. The first kappa shape index (κ1) is 26.1. The molecule has 4 fully saturated rings. The van der Waals surface area contributed by atoms with Crippen molar-refractivity contribution in [2.45, 2.75) is 30.8 Å². The Morgan fingerprint density at radius 3 is 1.18 bits per heavy atom. The van der Waals surface area contributed by atoms with Crippen molar-refractivity contribution in [3.05, 3.63) is 59.7 Å². The quantitative estimate of drug-likeness (QED) is 0.179. The van der Waals surface area contributed by atoms with Gasteiger partial charge in [-0.15, -0.1) is 0 Å². The van der Waals surface area contributed by atoms with E-state index in [9.17, 15) is 9.59 Å². The summed E-state index contributed by atoms with van der Waals surface area (Å²) in [5.41, 5.74) is 3.02. The molecule has 0 aromatic heterocycles. The van der Waals surface area contributed by atoms with Crippen LogP contribution in [0.3, 0.4) is 0 Å². The molecule has 4 aliphatic rings. The fourth-order valence-electron chi connectivity index (χ4n) is 4.42. The molecule has 0 aliphatic carbocycles. The van der Waals surface area contributed by atoms with E-state index in [4.69, 9.17) is 28.4 Å². The number of anilines is 2. The van der Waals surface area contributed by atoms with Crippen LogP contribution < -0.4 is 9.80 Å². The van der Waals surface area contributed by atoms with E-state index in [1.54, 1.807) is 24.3 Å². The summed E-state index contributed by atoms with van der Waals surface area (Å²) in [6.07, 6.45) is 1.50. The van der Waals surface area contributed by atoms with Crippen LogP contribution in [0.15, 0.2) is 48.5 Å². The van der Waals surface area contributed by atoms with Gasteiger partial charge in [-0.1, -0.05) is 0 Å². The Morgan fingerprint density at radius 1 is 0.590 bits per heavy atom. The van der Waals surface area contributed by atoms with Gasteiger partial charge in [0, 0.05) is 44.0 Å². The van der Waals surface area contributed by atoms with Gasteiger partial charge in [-0.2, -0.15) is 0 Å². The molecule has 208 valence electrons. The molecule has 10 heteroatoms. The number of epoxide rings is 4. The molecule has 0 N–H and O–H groups in total. The highest BCUT2D eigenvalue weighted by Crippen LogP contribution is 2.24. The van der Waals surface area contributed by atoms with Gasteiger partial charge in [0.05, 0.1) is 75.2 Å². The third-order valence-electron chi connectivity index (χ3n) is 7.00. The van der Waals surface area contributed by atoms with Crippen LogP contribution in [-0.2, 0) is 28.4 Å². The first-order valence-corrected chi connectivity index (χ1v) is 13.6. The van der Waals surface area contributed by atoms with E-state index < -0.39 is 11.9 Å². The second-order valence-electron chi connectivity index (χ2n) is 10.4. The van der Waals surface area contributed by atoms with Gasteiger partial charge in [0.2, 0.25) is 0 Å². The molecule has 0 bridgehead atoms. The number of esters is 2. The summed E-state index contributed by atoms with van der Waals surface area (Å²) in [5.74, 6) is -0.798. The van der Waals surface area contributed by atoms with Crippen molar-refractivity contribution in [2.24, 2.45) is 0 Å². The second-order valence-corrected chi connectivity index (χ2v) is 10.4. The van der Waals surface area contributed by atoms with E-state index in [1.165, 1.54) is 0 Å². The Labute approximate surface area is 227 Å². The van der Waals surface area contributed by atoms with Gasteiger partial charge in [-0.05, 0) is 48.5 Å². The minimum Gasteiger partial charge on any atom is -0.462 e. The highest BCUT2D eigenvalue weighted by molar-refractivity contribution is 5.90. The van der Waals surface area contributed by atoms with E-state index >= 15 is 0 Å². The zero-order valence-corrected chi connectivity index (χ0v) is 21.9. The fourth-order valence-corrected chi connectivity index (χ4v) is 4.42. The molecule has 0 amide bonds. The monoisotopic (exact) mass is 538 g/mol. The van der Waals surface area contributed by atoms with Crippen LogP contribution in [0, 0.1) is 0 Å². The summed E-state index contributed by atoms with van der Waals surface area (Å²) in [7, 11) is 0. The van der Waals surface area contributed by atoms with Gasteiger partial charge < -0.3 is 38.2 Å². The van der Waals surface area contributed by atoms with Crippen molar-refractivity contribution in [1.82, 2.24) is 0 Å². The topological polar surface area (TPSA) is 109 Å². The fraction of sp³-hybridized carbons (Fsp3) is 0.517. The first-order chi connectivity index (χ1) is 19.1. The van der Waals surface area contributed by atoms with Crippen molar-refractivity contribution in [1.29, 1.82) is 0 Å². The molecule has 4 saturated heterocycles. The molecule has 2 aromatic carbocycles. The smallest absolute Gasteiger partial charge is 0.338 e. The lowest BCUT2D eigenvalue weighted by molar-refractivity contribution is 0.0396. The molecule has 4 aliphatic heterocycles.